The zero-order chi connectivity index (χ0) is 12.5. The zero-order valence-corrected chi connectivity index (χ0v) is 10.9. The summed E-state index contributed by atoms with van der Waals surface area (Å²) in [6.07, 6.45) is 3.86. The van der Waals surface area contributed by atoms with Crippen LogP contribution in [0.3, 0.4) is 0 Å². The molecule has 5 heteroatoms. The average molecular weight is 264 g/mol. The van der Waals surface area contributed by atoms with E-state index < -0.39 is 0 Å². The number of carbonyl (C=O) groups is 2. The summed E-state index contributed by atoms with van der Waals surface area (Å²) in [6.45, 7) is 0.692. The molecule has 2 aliphatic rings. The lowest BCUT2D eigenvalue weighted by Crippen LogP contribution is -2.46. The van der Waals surface area contributed by atoms with Gasteiger partial charge >= 0.3 is 0 Å². The summed E-state index contributed by atoms with van der Waals surface area (Å²) >= 11 is 1.51. The lowest BCUT2D eigenvalue weighted by Gasteiger charge is -2.23. The van der Waals surface area contributed by atoms with Crippen molar-refractivity contribution in [2.75, 3.05) is 6.54 Å². The summed E-state index contributed by atoms with van der Waals surface area (Å²) in [5.41, 5.74) is 0.700. The van der Waals surface area contributed by atoms with Gasteiger partial charge in [0, 0.05) is 18.0 Å². The van der Waals surface area contributed by atoms with Crippen molar-refractivity contribution >= 4 is 23.2 Å². The van der Waals surface area contributed by atoms with E-state index >= 15 is 0 Å². The molecule has 0 spiro atoms. The van der Waals surface area contributed by atoms with E-state index in [0.717, 1.165) is 25.7 Å². The standard InChI is InChI=1S/C13H16N2O2S/c16-12(14-10-3-4-10)11-2-1-6-15(11)13(17)9-5-7-18-8-9/h5,7-8,10-11H,1-4,6H2,(H,14,16). The summed E-state index contributed by atoms with van der Waals surface area (Å²) in [6, 6.07) is 1.91. The molecule has 96 valence electrons. The van der Waals surface area contributed by atoms with Crippen LogP contribution in [0.2, 0.25) is 0 Å². The number of rotatable bonds is 3. The molecule has 1 aromatic rings. The first kappa shape index (κ1) is 11.7. The predicted octanol–water partition coefficient (Wildman–Crippen LogP) is 1.63. The maximum absolute atomic E-state index is 12.3. The minimum absolute atomic E-state index is 0.00954. The van der Waals surface area contributed by atoms with Gasteiger partial charge in [-0.3, -0.25) is 9.59 Å². The van der Waals surface area contributed by atoms with E-state index in [0.29, 0.717) is 18.2 Å². The number of nitrogens with one attached hydrogen (secondary N) is 1. The summed E-state index contributed by atoms with van der Waals surface area (Å²) in [5, 5.41) is 6.73. The van der Waals surface area contributed by atoms with Crippen LogP contribution in [0.25, 0.3) is 0 Å². The van der Waals surface area contributed by atoms with Crippen molar-refractivity contribution in [2.24, 2.45) is 0 Å². The fraction of sp³-hybridized carbons (Fsp3) is 0.538. The lowest BCUT2D eigenvalue weighted by molar-refractivity contribution is -0.125. The third kappa shape index (κ3) is 2.27. The summed E-state index contributed by atoms with van der Waals surface area (Å²) < 4.78 is 0. The van der Waals surface area contributed by atoms with Crippen molar-refractivity contribution < 1.29 is 9.59 Å². The van der Waals surface area contributed by atoms with Crippen LogP contribution in [0.4, 0.5) is 0 Å². The third-order valence-corrected chi connectivity index (χ3v) is 4.19. The maximum Gasteiger partial charge on any atom is 0.255 e. The van der Waals surface area contributed by atoms with Crippen molar-refractivity contribution in [3.63, 3.8) is 0 Å². The van der Waals surface area contributed by atoms with Gasteiger partial charge in [-0.2, -0.15) is 11.3 Å². The van der Waals surface area contributed by atoms with Gasteiger partial charge in [0.25, 0.3) is 5.91 Å². The first-order chi connectivity index (χ1) is 8.75. The highest BCUT2D eigenvalue weighted by Crippen LogP contribution is 2.24. The Morgan fingerprint density at radius 1 is 1.33 bits per heavy atom. The normalized spacial score (nSPS) is 23.1. The Labute approximate surface area is 110 Å². The van der Waals surface area contributed by atoms with Crippen LogP contribution < -0.4 is 5.32 Å². The van der Waals surface area contributed by atoms with Gasteiger partial charge < -0.3 is 10.2 Å². The monoisotopic (exact) mass is 264 g/mol. The van der Waals surface area contributed by atoms with E-state index in [1.165, 1.54) is 11.3 Å². The number of nitrogens with zero attached hydrogens (tertiary/aromatic N) is 1. The van der Waals surface area contributed by atoms with Crippen LogP contribution in [0, 0.1) is 0 Å². The Kier molecular flexibility index (Phi) is 3.07. The molecule has 1 saturated heterocycles. The van der Waals surface area contributed by atoms with Crippen molar-refractivity contribution in [2.45, 2.75) is 37.8 Å². The van der Waals surface area contributed by atoms with Crippen molar-refractivity contribution in [3.05, 3.63) is 22.4 Å². The molecular weight excluding hydrogens is 248 g/mol. The van der Waals surface area contributed by atoms with Crippen molar-refractivity contribution in [3.8, 4) is 0 Å². The molecule has 1 aliphatic carbocycles. The molecule has 0 bridgehead atoms. The van der Waals surface area contributed by atoms with Crippen LogP contribution in [0.1, 0.15) is 36.0 Å². The number of hydrogen-bond acceptors (Lipinski definition) is 3. The summed E-state index contributed by atoms with van der Waals surface area (Å²) in [5.74, 6) is 0.0169. The molecule has 1 unspecified atom stereocenters. The maximum atomic E-state index is 12.3. The Bertz CT molecular complexity index is 454. The van der Waals surface area contributed by atoms with Gasteiger partial charge in [-0.25, -0.2) is 0 Å². The number of amides is 2. The Morgan fingerprint density at radius 3 is 2.83 bits per heavy atom. The van der Waals surface area contributed by atoms with Gasteiger partial charge in [0.05, 0.1) is 5.56 Å². The molecule has 1 saturated carbocycles. The molecule has 1 N–H and O–H groups in total. The van der Waals surface area contributed by atoms with E-state index in [4.69, 9.17) is 0 Å². The second-order valence-corrected chi connectivity index (χ2v) is 5.73. The van der Waals surface area contributed by atoms with Gasteiger partial charge in [-0.1, -0.05) is 0 Å². The number of hydrogen-bond donors (Lipinski definition) is 1. The lowest BCUT2D eigenvalue weighted by atomic mass is 10.2. The number of likely N-dealkylation sites (tertiary alicyclic amines) is 1. The summed E-state index contributed by atoms with van der Waals surface area (Å²) in [7, 11) is 0. The van der Waals surface area contributed by atoms with Gasteiger partial charge in [-0.15, -0.1) is 0 Å². The molecule has 1 aromatic heterocycles. The van der Waals surface area contributed by atoms with Crippen LogP contribution in [-0.2, 0) is 4.79 Å². The van der Waals surface area contributed by atoms with Crippen molar-refractivity contribution in [1.29, 1.82) is 0 Å². The predicted molar refractivity (Wildman–Crippen MR) is 69.5 cm³/mol. The molecule has 18 heavy (non-hydrogen) atoms. The number of thiophene rings is 1. The van der Waals surface area contributed by atoms with E-state index in [1.54, 1.807) is 4.90 Å². The average Bonchev–Trinajstić information content (AvgIpc) is 2.91. The van der Waals surface area contributed by atoms with Crippen LogP contribution >= 0.6 is 11.3 Å². The SMILES string of the molecule is O=C(NC1CC1)C1CCCN1C(=O)c1ccsc1. The largest absolute Gasteiger partial charge is 0.352 e. The minimum atomic E-state index is -0.266. The molecule has 2 amide bonds. The van der Waals surface area contributed by atoms with E-state index in [-0.39, 0.29) is 17.9 Å². The van der Waals surface area contributed by atoms with Crippen molar-refractivity contribution in [1.82, 2.24) is 10.2 Å². The molecule has 1 atom stereocenters. The molecule has 3 rings (SSSR count). The smallest absolute Gasteiger partial charge is 0.255 e. The first-order valence-electron chi connectivity index (χ1n) is 6.39. The molecular formula is C13H16N2O2S. The van der Waals surface area contributed by atoms with E-state index in [1.807, 2.05) is 16.8 Å². The Balaban J connectivity index is 1.70. The fourth-order valence-electron chi connectivity index (χ4n) is 2.36. The fourth-order valence-corrected chi connectivity index (χ4v) is 2.99. The van der Waals surface area contributed by atoms with Gasteiger partial charge in [0.2, 0.25) is 5.91 Å². The molecule has 0 aromatic carbocycles. The quantitative estimate of drug-likeness (QED) is 0.902. The topological polar surface area (TPSA) is 49.4 Å². The van der Waals surface area contributed by atoms with Crippen LogP contribution in [0.15, 0.2) is 16.8 Å². The molecule has 4 nitrogen and oxygen atoms in total. The highest BCUT2D eigenvalue weighted by atomic mass is 32.1. The van der Waals surface area contributed by atoms with Gasteiger partial charge in [0.15, 0.2) is 0 Å². The third-order valence-electron chi connectivity index (χ3n) is 3.51. The van der Waals surface area contributed by atoms with Gasteiger partial charge in [0.1, 0.15) is 6.04 Å². The van der Waals surface area contributed by atoms with E-state index in [9.17, 15) is 9.59 Å². The minimum Gasteiger partial charge on any atom is -0.352 e. The summed E-state index contributed by atoms with van der Waals surface area (Å²) in [4.78, 5) is 26.1. The second-order valence-electron chi connectivity index (χ2n) is 4.95. The highest BCUT2D eigenvalue weighted by molar-refractivity contribution is 7.08. The molecule has 1 aliphatic heterocycles. The van der Waals surface area contributed by atoms with Crippen LogP contribution in [0.5, 0.6) is 0 Å². The second kappa shape index (κ2) is 4.72. The number of carbonyl (C=O) groups excluding carboxylic acids is 2. The molecule has 2 heterocycles. The highest BCUT2D eigenvalue weighted by Gasteiger charge is 2.36. The Morgan fingerprint density at radius 2 is 2.17 bits per heavy atom. The van der Waals surface area contributed by atoms with E-state index in [2.05, 4.69) is 5.32 Å². The van der Waals surface area contributed by atoms with Gasteiger partial charge in [-0.05, 0) is 37.1 Å². The molecule has 0 radical (unpaired) electrons. The Hall–Kier alpha value is -1.36. The van der Waals surface area contributed by atoms with Crippen LogP contribution in [-0.4, -0.2) is 35.3 Å². The first-order valence-corrected chi connectivity index (χ1v) is 7.33. The molecule has 2 fully saturated rings. The zero-order valence-electron chi connectivity index (χ0n) is 10.1.